The Bertz CT molecular complexity index is 871. The molecule has 28 heavy (non-hydrogen) atoms. The third kappa shape index (κ3) is 4.10. The molecular weight excluding hydrogens is 382 g/mol. The first-order valence-corrected chi connectivity index (χ1v) is 9.51. The van der Waals surface area contributed by atoms with E-state index in [-0.39, 0.29) is 12.8 Å². The molecular formula is C20H22ClN3O4. The van der Waals surface area contributed by atoms with Crippen LogP contribution in [0.1, 0.15) is 5.56 Å². The molecule has 1 N–H and O–H groups in total. The number of urea groups is 1. The third-order valence-electron chi connectivity index (χ3n) is 4.76. The first-order chi connectivity index (χ1) is 13.6. The van der Waals surface area contributed by atoms with E-state index in [1.54, 1.807) is 18.0 Å². The van der Waals surface area contributed by atoms with Crippen molar-refractivity contribution < 1.29 is 19.0 Å². The molecule has 0 unspecified atom stereocenters. The first-order valence-electron chi connectivity index (χ1n) is 9.13. The van der Waals surface area contributed by atoms with Crippen molar-refractivity contribution in [2.75, 3.05) is 50.4 Å². The van der Waals surface area contributed by atoms with Gasteiger partial charge in [-0.3, -0.25) is 0 Å². The van der Waals surface area contributed by atoms with Gasteiger partial charge in [-0.2, -0.15) is 0 Å². The highest BCUT2D eigenvalue weighted by atomic mass is 35.5. The van der Waals surface area contributed by atoms with Gasteiger partial charge in [-0.05, 0) is 35.9 Å². The Labute approximate surface area is 168 Å². The number of anilines is 2. The van der Waals surface area contributed by atoms with Crippen LogP contribution in [0.2, 0.25) is 5.02 Å². The number of rotatable bonds is 4. The van der Waals surface area contributed by atoms with E-state index >= 15 is 0 Å². The molecule has 0 aromatic heterocycles. The Morgan fingerprint density at radius 1 is 1.14 bits per heavy atom. The molecule has 8 heteroatoms. The Morgan fingerprint density at radius 3 is 2.75 bits per heavy atom. The molecule has 0 atom stereocenters. The number of benzene rings is 2. The smallest absolute Gasteiger partial charge is 0.321 e. The summed E-state index contributed by atoms with van der Waals surface area (Å²) in [6.45, 7) is 3.55. The van der Waals surface area contributed by atoms with Gasteiger partial charge in [0.25, 0.3) is 0 Å². The van der Waals surface area contributed by atoms with Crippen LogP contribution in [0.3, 0.4) is 0 Å². The lowest BCUT2D eigenvalue weighted by atomic mass is 10.2. The molecule has 0 spiro atoms. The Kier molecular flexibility index (Phi) is 5.45. The highest BCUT2D eigenvalue weighted by molar-refractivity contribution is 6.31. The molecule has 0 radical (unpaired) electrons. The van der Waals surface area contributed by atoms with E-state index in [4.69, 9.17) is 25.8 Å². The van der Waals surface area contributed by atoms with Crippen LogP contribution in [0.15, 0.2) is 36.4 Å². The minimum absolute atomic E-state index is 0.213. The quantitative estimate of drug-likeness (QED) is 0.845. The van der Waals surface area contributed by atoms with Gasteiger partial charge in [-0.1, -0.05) is 17.7 Å². The van der Waals surface area contributed by atoms with E-state index in [9.17, 15) is 4.79 Å². The van der Waals surface area contributed by atoms with Crippen LogP contribution < -0.4 is 19.7 Å². The molecule has 0 aliphatic carbocycles. The predicted molar refractivity (Wildman–Crippen MR) is 108 cm³/mol. The number of amides is 2. The van der Waals surface area contributed by atoms with Gasteiger partial charge in [0, 0.05) is 31.7 Å². The number of ether oxygens (including phenoxy) is 3. The molecule has 2 aliphatic rings. The van der Waals surface area contributed by atoms with Gasteiger partial charge in [-0.25, -0.2) is 4.79 Å². The normalized spacial score (nSPS) is 15.4. The standard InChI is InChI=1S/C20H22ClN3O4/c1-23(12-14-2-5-18-19(10-14)28-13-27-18)20(25)22-16-11-15(21)3-4-17(16)24-6-8-26-9-7-24/h2-5,10-11H,6-9,12-13H2,1H3,(H,22,25). The number of nitrogens with zero attached hydrogens (tertiary/aromatic N) is 2. The zero-order chi connectivity index (χ0) is 19.5. The summed E-state index contributed by atoms with van der Waals surface area (Å²) in [6.07, 6.45) is 0. The van der Waals surface area contributed by atoms with E-state index in [0.29, 0.717) is 36.2 Å². The van der Waals surface area contributed by atoms with Crippen molar-refractivity contribution in [3.8, 4) is 11.5 Å². The molecule has 2 heterocycles. The maximum absolute atomic E-state index is 12.8. The van der Waals surface area contributed by atoms with Crippen LogP contribution in [0.5, 0.6) is 11.5 Å². The highest BCUT2D eigenvalue weighted by Crippen LogP contribution is 2.33. The molecule has 2 aromatic rings. The summed E-state index contributed by atoms with van der Waals surface area (Å²) in [5, 5.41) is 3.56. The second-order valence-electron chi connectivity index (χ2n) is 6.73. The van der Waals surface area contributed by atoms with Crippen molar-refractivity contribution in [3.05, 3.63) is 47.0 Å². The lowest BCUT2D eigenvalue weighted by Crippen LogP contribution is -2.37. The van der Waals surface area contributed by atoms with Crippen molar-refractivity contribution in [1.82, 2.24) is 4.90 Å². The van der Waals surface area contributed by atoms with Gasteiger partial charge in [0.2, 0.25) is 6.79 Å². The predicted octanol–water partition coefficient (Wildman–Crippen LogP) is 3.57. The number of halogens is 1. The number of hydrogen-bond acceptors (Lipinski definition) is 5. The number of fused-ring (bicyclic) bond motifs is 1. The molecule has 1 fully saturated rings. The third-order valence-corrected chi connectivity index (χ3v) is 4.99. The molecule has 0 saturated carbocycles. The zero-order valence-corrected chi connectivity index (χ0v) is 16.4. The highest BCUT2D eigenvalue weighted by Gasteiger charge is 2.19. The van der Waals surface area contributed by atoms with E-state index in [2.05, 4.69) is 10.2 Å². The van der Waals surface area contributed by atoms with E-state index < -0.39 is 0 Å². The van der Waals surface area contributed by atoms with Gasteiger partial charge in [0.05, 0.1) is 24.6 Å². The lowest BCUT2D eigenvalue weighted by Gasteiger charge is -2.31. The van der Waals surface area contributed by atoms with Gasteiger partial charge >= 0.3 is 6.03 Å². The topological polar surface area (TPSA) is 63.3 Å². The minimum Gasteiger partial charge on any atom is -0.454 e. The summed E-state index contributed by atoms with van der Waals surface area (Å²) < 4.78 is 16.1. The van der Waals surface area contributed by atoms with Crippen LogP contribution >= 0.6 is 11.6 Å². The van der Waals surface area contributed by atoms with E-state index in [1.165, 1.54) is 0 Å². The summed E-state index contributed by atoms with van der Waals surface area (Å²) in [7, 11) is 1.75. The fourth-order valence-electron chi connectivity index (χ4n) is 3.28. The summed E-state index contributed by atoms with van der Waals surface area (Å²) in [5.41, 5.74) is 2.59. The van der Waals surface area contributed by atoms with E-state index in [1.807, 2.05) is 30.3 Å². The fourth-order valence-corrected chi connectivity index (χ4v) is 3.46. The Balaban J connectivity index is 1.46. The molecule has 2 aliphatic heterocycles. The lowest BCUT2D eigenvalue weighted by molar-refractivity contribution is 0.123. The van der Waals surface area contributed by atoms with Crippen LogP contribution in [0.25, 0.3) is 0 Å². The largest absolute Gasteiger partial charge is 0.454 e. The van der Waals surface area contributed by atoms with E-state index in [0.717, 1.165) is 30.1 Å². The summed E-state index contributed by atoms with van der Waals surface area (Å²) >= 11 is 6.17. The monoisotopic (exact) mass is 403 g/mol. The van der Waals surface area contributed by atoms with Crippen molar-refractivity contribution in [1.29, 1.82) is 0 Å². The van der Waals surface area contributed by atoms with Gasteiger partial charge in [-0.15, -0.1) is 0 Å². The molecule has 148 valence electrons. The van der Waals surface area contributed by atoms with Crippen molar-refractivity contribution in [2.24, 2.45) is 0 Å². The number of nitrogens with one attached hydrogen (secondary N) is 1. The average Bonchev–Trinajstić information content (AvgIpc) is 3.16. The molecule has 7 nitrogen and oxygen atoms in total. The van der Waals surface area contributed by atoms with Gasteiger partial charge < -0.3 is 29.3 Å². The zero-order valence-electron chi connectivity index (χ0n) is 15.6. The second kappa shape index (κ2) is 8.16. The van der Waals surface area contributed by atoms with Crippen molar-refractivity contribution in [3.63, 3.8) is 0 Å². The van der Waals surface area contributed by atoms with Crippen LogP contribution in [-0.2, 0) is 11.3 Å². The number of hydrogen-bond donors (Lipinski definition) is 1. The second-order valence-corrected chi connectivity index (χ2v) is 7.17. The molecule has 4 rings (SSSR count). The maximum atomic E-state index is 12.8. The van der Waals surface area contributed by atoms with Crippen LogP contribution in [0.4, 0.5) is 16.2 Å². The molecule has 2 aromatic carbocycles. The van der Waals surface area contributed by atoms with Crippen LogP contribution in [0, 0.1) is 0 Å². The maximum Gasteiger partial charge on any atom is 0.321 e. The fraction of sp³-hybridized carbons (Fsp3) is 0.350. The number of morpholine rings is 1. The van der Waals surface area contributed by atoms with Crippen molar-refractivity contribution in [2.45, 2.75) is 6.54 Å². The van der Waals surface area contributed by atoms with Crippen LogP contribution in [-0.4, -0.2) is 51.1 Å². The summed E-state index contributed by atoms with van der Waals surface area (Å²) in [6, 6.07) is 11.0. The number of carbonyl (C=O) groups is 1. The number of carbonyl (C=O) groups excluding carboxylic acids is 1. The molecule has 1 saturated heterocycles. The van der Waals surface area contributed by atoms with Gasteiger partial charge in [0.1, 0.15) is 0 Å². The summed E-state index contributed by atoms with van der Waals surface area (Å²) in [4.78, 5) is 16.6. The minimum atomic E-state index is -0.213. The molecule has 2 amide bonds. The van der Waals surface area contributed by atoms with Crippen molar-refractivity contribution >= 4 is 29.0 Å². The molecule has 0 bridgehead atoms. The first kappa shape index (κ1) is 18.7. The Morgan fingerprint density at radius 2 is 1.93 bits per heavy atom. The average molecular weight is 404 g/mol. The summed E-state index contributed by atoms with van der Waals surface area (Å²) in [5.74, 6) is 1.43. The Hall–Kier alpha value is -2.64. The SMILES string of the molecule is CN(Cc1ccc2c(c1)OCO2)C(=O)Nc1cc(Cl)ccc1N1CCOCC1. The van der Waals surface area contributed by atoms with Gasteiger partial charge in [0.15, 0.2) is 11.5 Å².